The second-order valence-corrected chi connectivity index (χ2v) is 4.45. The number of hydrogen-bond donors (Lipinski definition) is 1. The summed E-state index contributed by atoms with van der Waals surface area (Å²) >= 11 is 0. The van der Waals surface area contributed by atoms with Crippen molar-refractivity contribution in [3.8, 4) is 0 Å². The number of rotatable bonds is 4. The molecule has 84 valence electrons. The lowest BCUT2D eigenvalue weighted by Gasteiger charge is -2.34. The van der Waals surface area contributed by atoms with Crippen LogP contribution in [-0.4, -0.2) is 46.1 Å². The minimum atomic E-state index is -0.948. The number of aliphatic carboxylic acids is 1. The highest BCUT2D eigenvalue weighted by molar-refractivity contribution is 5.79. The molecule has 0 radical (unpaired) electrons. The molecule has 3 atom stereocenters. The average molecular weight is 214 g/mol. The Balaban J connectivity index is 2.12. The third-order valence-corrected chi connectivity index (χ3v) is 3.62. The van der Waals surface area contributed by atoms with Crippen LogP contribution in [-0.2, 0) is 4.79 Å². The predicted octanol–water partition coefficient (Wildman–Crippen LogP) is 0.202. The molecule has 0 aromatic carbocycles. The second-order valence-electron chi connectivity index (χ2n) is 4.45. The summed E-state index contributed by atoms with van der Waals surface area (Å²) in [6, 6.07) is 0. The molecule has 6 nitrogen and oxygen atoms in total. The molecule has 0 aromatic rings. The largest absolute Gasteiger partial charge is 0.480 e. The van der Waals surface area contributed by atoms with Crippen LogP contribution in [0.25, 0.3) is 0 Å². The van der Waals surface area contributed by atoms with Gasteiger partial charge in [0.15, 0.2) is 0 Å². The number of nitro groups is 1. The minimum Gasteiger partial charge on any atom is -0.480 e. The Hall–Kier alpha value is -1.17. The van der Waals surface area contributed by atoms with Crippen molar-refractivity contribution in [3.05, 3.63) is 10.1 Å². The summed E-state index contributed by atoms with van der Waals surface area (Å²) < 4.78 is 0. The maximum absolute atomic E-state index is 11.3. The van der Waals surface area contributed by atoms with Gasteiger partial charge in [-0.25, -0.2) is 0 Å². The summed E-state index contributed by atoms with van der Waals surface area (Å²) in [6.45, 7) is 1.31. The van der Waals surface area contributed by atoms with E-state index >= 15 is 0 Å². The number of nitrogens with zero attached hydrogens (tertiary/aromatic N) is 2. The quantitative estimate of drug-likeness (QED) is 0.534. The predicted molar refractivity (Wildman–Crippen MR) is 51.1 cm³/mol. The van der Waals surface area contributed by atoms with Crippen molar-refractivity contribution in [2.75, 3.05) is 19.6 Å². The van der Waals surface area contributed by atoms with E-state index in [9.17, 15) is 20.0 Å². The first-order valence-corrected chi connectivity index (χ1v) is 5.15. The van der Waals surface area contributed by atoms with Gasteiger partial charge in [-0.2, -0.15) is 0 Å². The lowest BCUT2D eigenvalue weighted by Crippen LogP contribution is -2.52. The molecule has 2 aliphatic rings. The van der Waals surface area contributed by atoms with Gasteiger partial charge in [0.05, 0.1) is 0 Å². The summed E-state index contributed by atoms with van der Waals surface area (Å²) in [6.07, 6.45) is 1.75. The maximum Gasteiger partial charge on any atom is 0.324 e. The van der Waals surface area contributed by atoms with E-state index in [1.165, 1.54) is 0 Å². The van der Waals surface area contributed by atoms with Crippen LogP contribution < -0.4 is 0 Å². The molecule has 2 rings (SSSR count). The molecule has 0 spiro atoms. The van der Waals surface area contributed by atoms with Crippen molar-refractivity contribution >= 4 is 5.97 Å². The van der Waals surface area contributed by atoms with Crippen LogP contribution in [0, 0.1) is 16.0 Å². The Morgan fingerprint density at radius 2 is 2.40 bits per heavy atom. The van der Waals surface area contributed by atoms with Crippen molar-refractivity contribution in [1.82, 2.24) is 4.90 Å². The molecular formula is C9H14N2O4. The molecule has 0 aliphatic carbocycles. The Labute approximate surface area is 87.0 Å². The van der Waals surface area contributed by atoms with E-state index in [0.717, 1.165) is 19.5 Å². The van der Waals surface area contributed by atoms with E-state index in [-0.39, 0.29) is 13.0 Å². The molecule has 0 saturated carbocycles. The molecule has 0 aromatic heterocycles. The van der Waals surface area contributed by atoms with Gasteiger partial charge < -0.3 is 5.11 Å². The van der Waals surface area contributed by atoms with Crippen molar-refractivity contribution in [3.63, 3.8) is 0 Å². The molecule has 2 saturated heterocycles. The molecule has 2 aliphatic heterocycles. The molecule has 2 bridgehead atoms. The van der Waals surface area contributed by atoms with E-state index in [1.54, 1.807) is 0 Å². The number of carboxylic acids is 1. The van der Waals surface area contributed by atoms with Gasteiger partial charge in [-0.15, -0.1) is 0 Å². The van der Waals surface area contributed by atoms with E-state index in [1.807, 2.05) is 4.90 Å². The normalized spacial score (nSPS) is 38.1. The van der Waals surface area contributed by atoms with Crippen molar-refractivity contribution in [1.29, 1.82) is 0 Å². The van der Waals surface area contributed by atoms with Crippen LogP contribution in [0.2, 0.25) is 0 Å². The summed E-state index contributed by atoms with van der Waals surface area (Å²) in [7, 11) is 0. The molecule has 0 amide bonds. The topological polar surface area (TPSA) is 83.7 Å². The molecule has 15 heavy (non-hydrogen) atoms. The molecule has 6 heteroatoms. The lowest BCUT2D eigenvalue weighted by atomic mass is 9.85. The van der Waals surface area contributed by atoms with Crippen molar-refractivity contribution in [2.24, 2.45) is 5.92 Å². The number of fused-ring (bicyclic) bond motifs is 2. The number of carboxylic acid groups (broad SMARTS) is 1. The van der Waals surface area contributed by atoms with Gasteiger partial charge >= 0.3 is 5.97 Å². The number of piperidine rings is 1. The van der Waals surface area contributed by atoms with E-state index in [0.29, 0.717) is 12.3 Å². The first kappa shape index (κ1) is 10.4. The fourth-order valence-electron chi connectivity index (χ4n) is 2.86. The first-order valence-electron chi connectivity index (χ1n) is 5.15. The van der Waals surface area contributed by atoms with E-state index in [2.05, 4.69) is 0 Å². The van der Waals surface area contributed by atoms with Gasteiger partial charge in [-0.3, -0.25) is 19.8 Å². The van der Waals surface area contributed by atoms with Crippen LogP contribution in [0.5, 0.6) is 0 Å². The zero-order valence-electron chi connectivity index (χ0n) is 8.39. The molecule has 3 unspecified atom stereocenters. The monoisotopic (exact) mass is 214 g/mol. The third kappa shape index (κ3) is 1.58. The van der Waals surface area contributed by atoms with Crippen molar-refractivity contribution in [2.45, 2.75) is 24.8 Å². The lowest BCUT2D eigenvalue weighted by molar-refractivity contribution is -0.482. The fraction of sp³-hybridized carbons (Fsp3) is 0.889. The van der Waals surface area contributed by atoms with Gasteiger partial charge in [0.2, 0.25) is 6.54 Å². The molecule has 1 N–H and O–H groups in total. The maximum atomic E-state index is 11.3. The highest BCUT2D eigenvalue weighted by atomic mass is 16.6. The van der Waals surface area contributed by atoms with E-state index < -0.39 is 16.4 Å². The summed E-state index contributed by atoms with van der Waals surface area (Å²) in [5.74, 6) is -0.473. The Morgan fingerprint density at radius 3 is 2.80 bits per heavy atom. The average Bonchev–Trinajstić information content (AvgIpc) is 2.74. The van der Waals surface area contributed by atoms with Gasteiger partial charge in [-0.05, 0) is 25.3 Å². The van der Waals surface area contributed by atoms with E-state index in [4.69, 9.17) is 0 Å². The number of carbonyl (C=O) groups is 1. The summed E-state index contributed by atoms with van der Waals surface area (Å²) in [4.78, 5) is 23.1. The van der Waals surface area contributed by atoms with Crippen LogP contribution in [0.4, 0.5) is 0 Å². The highest BCUT2D eigenvalue weighted by Gasteiger charge is 2.54. The third-order valence-electron chi connectivity index (χ3n) is 3.62. The zero-order valence-corrected chi connectivity index (χ0v) is 8.39. The molecular weight excluding hydrogens is 200 g/mol. The number of hydrogen-bond acceptors (Lipinski definition) is 4. The zero-order chi connectivity index (χ0) is 11.1. The van der Waals surface area contributed by atoms with Gasteiger partial charge in [-0.1, -0.05) is 0 Å². The fourth-order valence-corrected chi connectivity index (χ4v) is 2.86. The van der Waals surface area contributed by atoms with Gasteiger partial charge in [0.1, 0.15) is 5.54 Å². The van der Waals surface area contributed by atoms with Crippen molar-refractivity contribution < 1.29 is 14.8 Å². The summed E-state index contributed by atoms with van der Waals surface area (Å²) in [5, 5.41) is 19.6. The molecule has 2 fully saturated rings. The van der Waals surface area contributed by atoms with Gasteiger partial charge in [0.25, 0.3) is 0 Å². The Morgan fingerprint density at radius 1 is 1.67 bits per heavy atom. The molecule has 2 heterocycles. The van der Waals surface area contributed by atoms with Crippen LogP contribution in [0.15, 0.2) is 0 Å². The first-order chi connectivity index (χ1) is 7.04. The van der Waals surface area contributed by atoms with Crippen LogP contribution in [0.3, 0.4) is 0 Å². The van der Waals surface area contributed by atoms with Crippen LogP contribution in [0.1, 0.15) is 19.3 Å². The van der Waals surface area contributed by atoms with Gasteiger partial charge in [0, 0.05) is 17.9 Å². The van der Waals surface area contributed by atoms with Crippen LogP contribution >= 0.6 is 0 Å². The minimum absolute atomic E-state index is 0.131. The highest BCUT2D eigenvalue weighted by Crippen LogP contribution is 2.42. The standard InChI is InChI=1S/C9H14N2O4/c12-8(13)9(2-4-11(14)15)5-7-1-3-10(9)6-7/h7H,1-6H2,(H,12,13). The second kappa shape index (κ2) is 3.44. The Bertz CT molecular complexity index is 306. The Kier molecular flexibility index (Phi) is 2.38. The SMILES string of the molecule is O=C(O)C1(CC[N+](=O)[O-])CC2CCN1C2. The smallest absolute Gasteiger partial charge is 0.324 e. The summed E-state index contributed by atoms with van der Waals surface area (Å²) in [5.41, 5.74) is -0.948.